The molecule has 0 aromatic carbocycles. The van der Waals surface area contributed by atoms with Gasteiger partial charge in [-0.25, -0.2) is 0 Å². The lowest BCUT2D eigenvalue weighted by Gasteiger charge is -2.18. The quantitative estimate of drug-likeness (QED) is 0.0199. The molecular weight excluding hydrogens is 865 g/mol. The molecule has 0 amide bonds. The fourth-order valence-electron chi connectivity index (χ4n) is 7.64. The molecule has 70 heavy (non-hydrogen) atoms. The lowest BCUT2D eigenvalue weighted by Crippen LogP contribution is -2.30. The van der Waals surface area contributed by atoms with Crippen LogP contribution in [-0.4, -0.2) is 37.2 Å². The first-order chi connectivity index (χ1) is 34.5. The van der Waals surface area contributed by atoms with Crippen LogP contribution < -0.4 is 0 Å². The number of esters is 3. The van der Waals surface area contributed by atoms with Gasteiger partial charge in [0.1, 0.15) is 13.2 Å². The van der Waals surface area contributed by atoms with Crippen LogP contribution in [-0.2, 0) is 28.6 Å². The summed E-state index contributed by atoms with van der Waals surface area (Å²) in [6.45, 7) is 6.50. The third-order valence-corrected chi connectivity index (χ3v) is 12.0. The predicted octanol–water partition coefficient (Wildman–Crippen LogP) is 19.5. The van der Waals surface area contributed by atoms with Crippen molar-refractivity contribution in [3.05, 3.63) is 109 Å². The first kappa shape index (κ1) is 66.1. The van der Waals surface area contributed by atoms with Gasteiger partial charge in [0.15, 0.2) is 6.10 Å². The lowest BCUT2D eigenvalue weighted by molar-refractivity contribution is -0.167. The molecule has 0 spiro atoms. The molecule has 6 heteroatoms. The summed E-state index contributed by atoms with van der Waals surface area (Å²) in [6, 6.07) is 0. The highest BCUT2D eigenvalue weighted by molar-refractivity contribution is 5.71. The summed E-state index contributed by atoms with van der Waals surface area (Å²) in [5.41, 5.74) is 0. The fourth-order valence-corrected chi connectivity index (χ4v) is 7.64. The van der Waals surface area contributed by atoms with Crippen LogP contribution in [0.2, 0.25) is 0 Å². The van der Waals surface area contributed by atoms with Crippen molar-refractivity contribution in [1.29, 1.82) is 0 Å². The Morgan fingerprint density at radius 1 is 0.300 bits per heavy atom. The standard InChI is InChI=1S/C64H106O6/c1-4-7-10-13-16-19-22-25-28-31-34-36-39-42-45-48-51-54-57-63(66)69-60-61(70-64(67)58-55-52-49-46-43-40-37-33-30-27-24-21-18-15-12-9-6-3)59-68-62(65)56-53-50-47-44-41-38-35-32-29-26-23-20-17-14-11-8-5-2/h17-18,20-22,25-31,34,36-37,40,46,49,61H,4-16,19,23-24,32-33,35,38-39,41-45,47-48,50-60H2,1-3H3/b20-17-,21-18-,25-22-,29-26-,30-27-,31-28-,36-34-,40-37-,49-46-. The van der Waals surface area contributed by atoms with Crippen molar-refractivity contribution in [1.82, 2.24) is 0 Å². The number of rotatable bonds is 51. The van der Waals surface area contributed by atoms with E-state index in [1.807, 2.05) is 0 Å². The van der Waals surface area contributed by atoms with Gasteiger partial charge in [-0.3, -0.25) is 14.4 Å². The van der Waals surface area contributed by atoms with E-state index >= 15 is 0 Å². The van der Waals surface area contributed by atoms with E-state index in [1.165, 1.54) is 109 Å². The van der Waals surface area contributed by atoms with Gasteiger partial charge in [0.05, 0.1) is 0 Å². The molecule has 0 rings (SSSR count). The van der Waals surface area contributed by atoms with Gasteiger partial charge in [-0.1, -0.05) is 233 Å². The Bertz CT molecular complexity index is 1440. The van der Waals surface area contributed by atoms with Crippen molar-refractivity contribution in [2.75, 3.05) is 13.2 Å². The molecule has 0 heterocycles. The fraction of sp³-hybridized carbons (Fsp3) is 0.672. The van der Waals surface area contributed by atoms with Crippen LogP contribution in [0.3, 0.4) is 0 Å². The second kappa shape index (κ2) is 57.6. The predicted molar refractivity (Wildman–Crippen MR) is 302 cm³/mol. The van der Waals surface area contributed by atoms with E-state index in [2.05, 4.69) is 130 Å². The van der Waals surface area contributed by atoms with E-state index in [9.17, 15) is 14.4 Å². The summed E-state index contributed by atoms with van der Waals surface area (Å²) in [5, 5.41) is 0. The molecule has 0 radical (unpaired) electrons. The van der Waals surface area contributed by atoms with Crippen molar-refractivity contribution >= 4 is 17.9 Å². The topological polar surface area (TPSA) is 78.9 Å². The zero-order chi connectivity index (χ0) is 50.7. The summed E-state index contributed by atoms with van der Waals surface area (Å²) in [6.07, 6.45) is 77.9. The van der Waals surface area contributed by atoms with E-state index in [1.54, 1.807) is 0 Å². The summed E-state index contributed by atoms with van der Waals surface area (Å²) in [7, 11) is 0. The highest BCUT2D eigenvalue weighted by Gasteiger charge is 2.19. The van der Waals surface area contributed by atoms with E-state index in [4.69, 9.17) is 14.2 Å². The van der Waals surface area contributed by atoms with Crippen LogP contribution >= 0.6 is 0 Å². The average molecular weight is 972 g/mol. The first-order valence-electron chi connectivity index (χ1n) is 28.9. The Morgan fingerprint density at radius 3 is 0.986 bits per heavy atom. The Balaban J connectivity index is 4.54. The van der Waals surface area contributed by atoms with Gasteiger partial charge in [-0.2, -0.15) is 0 Å². The van der Waals surface area contributed by atoms with Crippen LogP contribution in [0.15, 0.2) is 109 Å². The molecule has 0 aliphatic carbocycles. The first-order valence-corrected chi connectivity index (χ1v) is 28.9. The third kappa shape index (κ3) is 55.0. The highest BCUT2D eigenvalue weighted by Crippen LogP contribution is 2.13. The number of hydrogen-bond donors (Lipinski definition) is 0. The van der Waals surface area contributed by atoms with Crippen molar-refractivity contribution < 1.29 is 28.6 Å². The van der Waals surface area contributed by atoms with Crippen LogP contribution in [0.5, 0.6) is 0 Å². The van der Waals surface area contributed by atoms with E-state index < -0.39 is 6.10 Å². The van der Waals surface area contributed by atoms with Crippen LogP contribution in [0.25, 0.3) is 0 Å². The van der Waals surface area contributed by atoms with Gasteiger partial charge >= 0.3 is 17.9 Å². The van der Waals surface area contributed by atoms with Gasteiger partial charge < -0.3 is 14.2 Å². The Hall–Kier alpha value is -3.93. The molecule has 1 atom stereocenters. The zero-order valence-electron chi connectivity index (χ0n) is 45.5. The van der Waals surface area contributed by atoms with E-state index in [-0.39, 0.29) is 37.5 Å². The molecule has 0 aliphatic rings. The Labute approximate surface area is 431 Å². The monoisotopic (exact) mass is 971 g/mol. The normalized spacial score (nSPS) is 12.9. The van der Waals surface area contributed by atoms with Gasteiger partial charge in [0.2, 0.25) is 0 Å². The number of hydrogen-bond acceptors (Lipinski definition) is 6. The second-order valence-electron chi connectivity index (χ2n) is 18.9. The molecule has 0 fully saturated rings. The molecule has 398 valence electrons. The Kier molecular flexibility index (Phi) is 54.4. The maximum Gasteiger partial charge on any atom is 0.306 e. The van der Waals surface area contributed by atoms with Gasteiger partial charge in [-0.15, -0.1) is 0 Å². The minimum atomic E-state index is -0.821. The third-order valence-electron chi connectivity index (χ3n) is 12.0. The van der Waals surface area contributed by atoms with Crippen LogP contribution in [0.1, 0.15) is 258 Å². The van der Waals surface area contributed by atoms with Crippen molar-refractivity contribution in [2.24, 2.45) is 0 Å². The van der Waals surface area contributed by atoms with Crippen LogP contribution in [0, 0.1) is 0 Å². The van der Waals surface area contributed by atoms with E-state index in [0.29, 0.717) is 19.3 Å². The molecule has 0 N–H and O–H groups in total. The maximum absolute atomic E-state index is 12.8. The zero-order valence-corrected chi connectivity index (χ0v) is 45.5. The largest absolute Gasteiger partial charge is 0.462 e. The van der Waals surface area contributed by atoms with Crippen LogP contribution in [0.4, 0.5) is 0 Å². The van der Waals surface area contributed by atoms with Crippen molar-refractivity contribution in [3.63, 3.8) is 0 Å². The molecule has 0 bridgehead atoms. The summed E-state index contributed by atoms with van der Waals surface area (Å²) >= 11 is 0. The molecule has 1 unspecified atom stereocenters. The molecular formula is C64H106O6. The molecule has 0 aromatic rings. The van der Waals surface area contributed by atoms with Crippen molar-refractivity contribution in [3.8, 4) is 0 Å². The minimum absolute atomic E-state index is 0.112. The Morgan fingerprint density at radius 2 is 0.586 bits per heavy atom. The van der Waals surface area contributed by atoms with Crippen molar-refractivity contribution in [2.45, 2.75) is 264 Å². The summed E-state index contributed by atoms with van der Waals surface area (Å²) in [4.78, 5) is 38.2. The highest BCUT2D eigenvalue weighted by atomic mass is 16.6. The van der Waals surface area contributed by atoms with Gasteiger partial charge in [0, 0.05) is 19.3 Å². The second-order valence-corrected chi connectivity index (χ2v) is 18.9. The minimum Gasteiger partial charge on any atom is -0.462 e. The smallest absolute Gasteiger partial charge is 0.306 e. The van der Waals surface area contributed by atoms with Gasteiger partial charge in [-0.05, 0) is 116 Å². The SMILES string of the molecule is CCCCC/C=C\C/C=C\C/C=C\C/C=C\CCCC(=O)OC(COC(=O)CCCCCCC\C=C/C=C\C=C/CCCCCCC)COC(=O)CCCCCCCCC/C=C\C/C=C\CCCCC. The average Bonchev–Trinajstić information content (AvgIpc) is 3.36. The summed E-state index contributed by atoms with van der Waals surface area (Å²) in [5.74, 6) is -0.996. The van der Waals surface area contributed by atoms with E-state index in [0.717, 1.165) is 103 Å². The number of allylic oxidation sites excluding steroid dienone is 18. The lowest BCUT2D eigenvalue weighted by atomic mass is 10.1. The molecule has 6 nitrogen and oxygen atoms in total. The number of carbonyl (C=O) groups excluding carboxylic acids is 3. The number of unbranched alkanes of at least 4 members (excludes halogenated alkanes) is 24. The number of carbonyl (C=O) groups is 3. The molecule has 0 saturated carbocycles. The molecule has 0 saturated heterocycles. The number of ether oxygens (including phenoxy) is 3. The summed E-state index contributed by atoms with van der Waals surface area (Å²) < 4.78 is 16.8. The molecule has 0 aliphatic heterocycles. The van der Waals surface area contributed by atoms with Gasteiger partial charge in [0.25, 0.3) is 0 Å². The maximum atomic E-state index is 12.8. The molecule has 0 aromatic heterocycles.